The topological polar surface area (TPSA) is 128 Å². The molecule has 118 valence electrons. The van der Waals surface area contributed by atoms with Crippen LogP contribution in [-0.4, -0.2) is 42.5 Å². The van der Waals surface area contributed by atoms with Crippen molar-refractivity contribution in [2.75, 3.05) is 24.6 Å². The number of ether oxygens (including phenoxy) is 1. The molecule has 0 aliphatic carbocycles. The van der Waals surface area contributed by atoms with Crippen molar-refractivity contribution in [1.29, 1.82) is 0 Å². The highest BCUT2D eigenvalue weighted by Crippen LogP contribution is 2.35. The normalized spacial score (nSPS) is 14.8. The first-order chi connectivity index (χ1) is 10.4. The predicted molar refractivity (Wildman–Crippen MR) is 77.6 cm³/mol. The number of benzene rings is 1. The number of nitrogens with zero attached hydrogens (tertiary/aromatic N) is 2. The Kier molecular flexibility index (Phi) is 4.56. The first-order valence-corrected chi connectivity index (χ1v) is 6.63. The van der Waals surface area contributed by atoms with Crippen molar-refractivity contribution in [3.63, 3.8) is 0 Å². The molecule has 3 N–H and O–H groups in total. The van der Waals surface area contributed by atoms with Crippen LogP contribution in [0.5, 0.6) is 5.75 Å². The van der Waals surface area contributed by atoms with Gasteiger partial charge < -0.3 is 15.8 Å². The van der Waals surface area contributed by atoms with Crippen LogP contribution in [0.2, 0.25) is 0 Å². The molecule has 2 rings (SSSR count). The van der Waals surface area contributed by atoms with Crippen molar-refractivity contribution in [3.8, 4) is 5.75 Å². The van der Waals surface area contributed by atoms with Gasteiger partial charge in [-0.25, -0.2) is 0 Å². The number of carbonyl (C=O) groups is 2. The van der Waals surface area contributed by atoms with Crippen LogP contribution in [0.1, 0.15) is 6.92 Å². The van der Waals surface area contributed by atoms with E-state index in [4.69, 9.17) is 10.5 Å². The number of hydrogen-bond donors (Lipinski definition) is 2. The molecular formula is C13H16N4O5. The van der Waals surface area contributed by atoms with Crippen molar-refractivity contribution in [2.24, 2.45) is 5.73 Å². The first-order valence-electron chi connectivity index (χ1n) is 6.63. The number of rotatable bonds is 5. The van der Waals surface area contributed by atoms with E-state index in [-0.39, 0.29) is 37.1 Å². The molecule has 2 amide bonds. The van der Waals surface area contributed by atoms with E-state index in [2.05, 4.69) is 5.32 Å². The third kappa shape index (κ3) is 3.31. The molecule has 0 fully saturated rings. The summed E-state index contributed by atoms with van der Waals surface area (Å²) in [7, 11) is 0. The fraction of sp³-hybridized carbons (Fsp3) is 0.385. The van der Waals surface area contributed by atoms with E-state index in [9.17, 15) is 19.7 Å². The number of non-ortho nitro benzene ring substituents is 1. The van der Waals surface area contributed by atoms with Gasteiger partial charge in [-0.3, -0.25) is 24.6 Å². The summed E-state index contributed by atoms with van der Waals surface area (Å²) in [4.78, 5) is 35.3. The minimum Gasteiger partial charge on any atom is -0.482 e. The zero-order valence-electron chi connectivity index (χ0n) is 11.9. The number of fused-ring (bicyclic) bond motifs is 1. The minimum atomic E-state index is -0.575. The van der Waals surface area contributed by atoms with Gasteiger partial charge in [-0.2, -0.15) is 0 Å². The molecule has 1 aliphatic heterocycles. The highest BCUT2D eigenvalue weighted by molar-refractivity contribution is 6.02. The molecule has 0 aromatic heterocycles. The van der Waals surface area contributed by atoms with Gasteiger partial charge in [0, 0.05) is 24.7 Å². The van der Waals surface area contributed by atoms with E-state index in [1.807, 2.05) is 0 Å². The van der Waals surface area contributed by atoms with E-state index >= 15 is 0 Å². The summed E-state index contributed by atoms with van der Waals surface area (Å²) in [6.45, 7) is 1.54. The molecule has 0 bridgehead atoms. The molecule has 1 heterocycles. The second-order valence-corrected chi connectivity index (χ2v) is 4.88. The van der Waals surface area contributed by atoms with Crippen molar-refractivity contribution in [1.82, 2.24) is 5.32 Å². The summed E-state index contributed by atoms with van der Waals surface area (Å²) in [5.74, 6) is -0.515. The molecule has 1 atom stereocenters. The SMILES string of the molecule is C[C@@H](CN)NC(=O)CN1C(=O)COc2ccc([N+](=O)[O-])cc21. The lowest BCUT2D eigenvalue weighted by Gasteiger charge is -2.29. The third-order valence-corrected chi connectivity index (χ3v) is 3.16. The van der Waals surface area contributed by atoms with Gasteiger partial charge in [0.05, 0.1) is 10.6 Å². The van der Waals surface area contributed by atoms with Crippen LogP contribution in [0.25, 0.3) is 0 Å². The van der Waals surface area contributed by atoms with Crippen LogP contribution in [-0.2, 0) is 9.59 Å². The largest absolute Gasteiger partial charge is 0.482 e. The first kappa shape index (κ1) is 15.7. The Balaban J connectivity index is 2.25. The molecule has 1 aromatic rings. The Morgan fingerprint density at radius 1 is 1.59 bits per heavy atom. The number of nitrogens with two attached hydrogens (primary N) is 1. The molecular weight excluding hydrogens is 292 g/mol. The summed E-state index contributed by atoms with van der Waals surface area (Å²) in [6.07, 6.45) is 0. The molecule has 9 heteroatoms. The number of amides is 2. The van der Waals surface area contributed by atoms with Crippen LogP contribution in [0, 0.1) is 10.1 Å². The van der Waals surface area contributed by atoms with Gasteiger partial charge in [0.25, 0.3) is 11.6 Å². The molecule has 0 spiro atoms. The number of carbonyl (C=O) groups excluding carboxylic acids is 2. The smallest absolute Gasteiger partial charge is 0.271 e. The summed E-state index contributed by atoms with van der Waals surface area (Å²) >= 11 is 0. The lowest BCUT2D eigenvalue weighted by atomic mass is 10.2. The van der Waals surface area contributed by atoms with Crippen molar-refractivity contribution >= 4 is 23.2 Å². The average molecular weight is 308 g/mol. The molecule has 1 aromatic carbocycles. The monoisotopic (exact) mass is 308 g/mol. The summed E-state index contributed by atoms with van der Waals surface area (Å²) in [5, 5.41) is 13.5. The molecule has 0 radical (unpaired) electrons. The van der Waals surface area contributed by atoms with Crippen molar-refractivity contribution in [2.45, 2.75) is 13.0 Å². The Morgan fingerprint density at radius 2 is 2.32 bits per heavy atom. The van der Waals surface area contributed by atoms with Crippen LogP contribution >= 0.6 is 0 Å². The molecule has 1 aliphatic rings. The van der Waals surface area contributed by atoms with Crippen LogP contribution in [0.4, 0.5) is 11.4 Å². The van der Waals surface area contributed by atoms with Gasteiger partial charge in [-0.1, -0.05) is 0 Å². The number of nitro groups is 1. The number of anilines is 1. The standard InChI is InChI=1S/C13H16N4O5/c1-8(5-14)15-12(18)6-16-10-4-9(17(20)21)2-3-11(10)22-7-13(16)19/h2-4,8H,5-7,14H2,1H3,(H,15,18)/t8-/m0/s1. The lowest BCUT2D eigenvalue weighted by molar-refractivity contribution is -0.384. The van der Waals surface area contributed by atoms with Gasteiger partial charge in [0.2, 0.25) is 5.91 Å². The number of nitro benzene ring substituents is 1. The lowest BCUT2D eigenvalue weighted by Crippen LogP contribution is -2.48. The molecule has 0 saturated heterocycles. The highest BCUT2D eigenvalue weighted by atomic mass is 16.6. The number of hydrogen-bond acceptors (Lipinski definition) is 6. The maximum Gasteiger partial charge on any atom is 0.271 e. The zero-order valence-corrected chi connectivity index (χ0v) is 11.9. The van der Waals surface area contributed by atoms with E-state index < -0.39 is 16.7 Å². The van der Waals surface area contributed by atoms with Gasteiger partial charge >= 0.3 is 0 Å². The summed E-state index contributed by atoms with van der Waals surface area (Å²) < 4.78 is 5.22. The van der Waals surface area contributed by atoms with Crippen molar-refractivity contribution < 1.29 is 19.2 Å². The van der Waals surface area contributed by atoms with E-state index in [0.29, 0.717) is 5.75 Å². The zero-order chi connectivity index (χ0) is 16.3. The molecule has 0 unspecified atom stereocenters. The molecule has 22 heavy (non-hydrogen) atoms. The van der Waals surface area contributed by atoms with Gasteiger partial charge in [-0.15, -0.1) is 0 Å². The Labute approximate surface area is 126 Å². The third-order valence-electron chi connectivity index (χ3n) is 3.16. The van der Waals surface area contributed by atoms with E-state index in [0.717, 1.165) is 0 Å². The van der Waals surface area contributed by atoms with Crippen LogP contribution < -0.4 is 20.7 Å². The fourth-order valence-electron chi connectivity index (χ4n) is 2.00. The molecule has 9 nitrogen and oxygen atoms in total. The predicted octanol–water partition coefficient (Wildman–Crippen LogP) is -0.216. The van der Waals surface area contributed by atoms with Crippen molar-refractivity contribution in [3.05, 3.63) is 28.3 Å². The Bertz CT molecular complexity index is 618. The second-order valence-electron chi connectivity index (χ2n) is 4.88. The maximum absolute atomic E-state index is 12.0. The Hall–Kier alpha value is -2.68. The average Bonchev–Trinajstić information content (AvgIpc) is 2.49. The second kappa shape index (κ2) is 6.39. The quantitative estimate of drug-likeness (QED) is 0.572. The Morgan fingerprint density at radius 3 is 2.95 bits per heavy atom. The van der Waals surface area contributed by atoms with Gasteiger partial charge in [0.15, 0.2) is 6.61 Å². The minimum absolute atomic E-state index is 0.183. The summed E-state index contributed by atoms with van der Waals surface area (Å²) in [5.41, 5.74) is 5.45. The maximum atomic E-state index is 12.0. The van der Waals surface area contributed by atoms with E-state index in [1.165, 1.54) is 23.1 Å². The number of nitrogens with one attached hydrogen (secondary N) is 1. The van der Waals surface area contributed by atoms with Gasteiger partial charge in [-0.05, 0) is 13.0 Å². The molecule has 0 saturated carbocycles. The fourth-order valence-corrected chi connectivity index (χ4v) is 2.00. The van der Waals surface area contributed by atoms with Crippen LogP contribution in [0.15, 0.2) is 18.2 Å². The summed E-state index contributed by atoms with van der Waals surface area (Å²) in [6, 6.07) is 3.68. The highest BCUT2D eigenvalue weighted by Gasteiger charge is 2.29. The van der Waals surface area contributed by atoms with Crippen LogP contribution in [0.3, 0.4) is 0 Å². The van der Waals surface area contributed by atoms with Gasteiger partial charge in [0.1, 0.15) is 12.3 Å². The van der Waals surface area contributed by atoms with E-state index in [1.54, 1.807) is 6.92 Å².